The van der Waals surface area contributed by atoms with Gasteiger partial charge in [-0.15, -0.1) is 0 Å². The number of hydrogen-bond donors (Lipinski definition) is 2. The summed E-state index contributed by atoms with van der Waals surface area (Å²) in [4.78, 5) is 0. The maximum atomic E-state index is 6.00. The third-order valence-electron chi connectivity index (χ3n) is 2.92. The van der Waals surface area contributed by atoms with Crippen molar-refractivity contribution in [2.24, 2.45) is 0 Å². The maximum Gasteiger partial charge on any atom is 0.189 e. The lowest BCUT2D eigenvalue weighted by Crippen LogP contribution is -2.02. The van der Waals surface area contributed by atoms with Crippen molar-refractivity contribution in [3.05, 3.63) is 48.0 Å². The van der Waals surface area contributed by atoms with Crippen LogP contribution >= 0.6 is 22.6 Å². The van der Waals surface area contributed by atoms with E-state index in [9.17, 15) is 0 Å². The first-order chi connectivity index (χ1) is 10.2. The molecule has 0 saturated carbocycles. The Hall–Kier alpha value is -1.47. The van der Waals surface area contributed by atoms with Gasteiger partial charge >= 0.3 is 0 Å². The molecule has 21 heavy (non-hydrogen) atoms. The lowest BCUT2D eigenvalue weighted by atomic mass is 10.2. The molecule has 3 N–H and O–H groups in total. The first-order valence-electron chi connectivity index (χ1n) is 6.75. The van der Waals surface area contributed by atoms with Crippen molar-refractivity contribution >= 4 is 39.7 Å². The van der Waals surface area contributed by atoms with Crippen LogP contribution in [0.3, 0.4) is 0 Å². The Balaban J connectivity index is 2.03. The van der Waals surface area contributed by atoms with E-state index in [1.165, 1.54) is 5.56 Å². The highest BCUT2D eigenvalue weighted by Gasteiger charge is 2.02. The minimum Gasteiger partial charge on any atom is -0.468 e. The van der Waals surface area contributed by atoms with Crippen LogP contribution in [0.25, 0.3) is 0 Å². The fourth-order valence-electron chi connectivity index (χ4n) is 1.78. The molecule has 0 bridgehead atoms. The first kappa shape index (κ1) is 15.9. The average Bonchev–Trinajstić information content (AvgIpc) is 2.51. The molecule has 0 amide bonds. The van der Waals surface area contributed by atoms with E-state index in [4.69, 9.17) is 15.2 Å². The van der Waals surface area contributed by atoms with Gasteiger partial charge in [-0.25, -0.2) is 0 Å². The van der Waals surface area contributed by atoms with Crippen molar-refractivity contribution in [1.29, 1.82) is 0 Å². The number of hydrogen-bond acceptors (Lipinski definition) is 4. The van der Waals surface area contributed by atoms with E-state index in [2.05, 4.69) is 34.0 Å². The van der Waals surface area contributed by atoms with Gasteiger partial charge in [0.2, 0.25) is 0 Å². The van der Waals surface area contributed by atoms with Crippen LogP contribution < -0.4 is 15.8 Å². The molecule has 4 nitrogen and oxygen atoms in total. The number of anilines is 3. The van der Waals surface area contributed by atoms with Gasteiger partial charge in [0.05, 0.1) is 11.4 Å². The highest BCUT2D eigenvalue weighted by molar-refractivity contribution is 14.1. The first-order valence-corrected chi connectivity index (χ1v) is 8.27. The standard InChI is InChI=1S/C16H19IN2O2/c1-2-20-11-21-14-6-4-13(5-7-14)19-16-9-12(10-17)3-8-15(16)18/h3-9,19H,2,10-11,18H2,1H3. The molecular weight excluding hydrogens is 379 g/mol. The van der Waals surface area contributed by atoms with Gasteiger partial charge in [0.15, 0.2) is 6.79 Å². The summed E-state index contributed by atoms with van der Waals surface area (Å²) < 4.78 is 11.5. The largest absolute Gasteiger partial charge is 0.468 e. The predicted molar refractivity (Wildman–Crippen MR) is 95.4 cm³/mol. The Morgan fingerprint density at radius 2 is 1.90 bits per heavy atom. The molecule has 2 aromatic carbocycles. The summed E-state index contributed by atoms with van der Waals surface area (Å²) in [6, 6.07) is 13.8. The number of alkyl halides is 1. The monoisotopic (exact) mass is 398 g/mol. The number of rotatable bonds is 7. The second-order valence-corrected chi connectivity index (χ2v) is 5.22. The summed E-state index contributed by atoms with van der Waals surface area (Å²) in [5.41, 5.74) is 9.86. The number of ether oxygens (including phenoxy) is 2. The van der Waals surface area contributed by atoms with Crippen LogP contribution in [-0.2, 0) is 9.16 Å². The van der Waals surface area contributed by atoms with Crippen LogP contribution in [0.5, 0.6) is 5.75 Å². The van der Waals surface area contributed by atoms with Crippen LogP contribution in [0.4, 0.5) is 17.1 Å². The van der Waals surface area contributed by atoms with E-state index in [-0.39, 0.29) is 6.79 Å². The molecular formula is C16H19IN2O2. The topological polar surface area (TPSA) is 56.5 Å². The number of benzene rings is 2. The minimum atomic E-state index is 0.272. The number of nitrogens with two attached hydrogens (primary N) is 1. The predicted octanol–water partition coefficient (Wildman–Crippen LogP) is 4.32. The molecule has 112 valence electrons. The average molecular weight is 398 g/mol. The zero-order valence-electron chi connectivity index (χ0n) is 11.9. The number of halogens is 1. The van der Waals surface area contributed by atoms with E-state index in [1.54, 1.807) is 0 Å². The second-order valence-electron chi connectivity index (χ2n) is 4.46. The fourth-order valence-corrected chi connectivity index (χ4v) is 2.25. The maximum absolute atomic E-state index is 6.00. The molecule has 2 aromatic rings. The Morgan fingerprint density at radius 1 is 1.14 bits per heavy atom. The summed E-state index contributed by atoms with van der Waals surface area (Å²) in [6.45, 7) is 2.85. The van der Waals surface area contributed by atoms with Crippen molar-refractivity contribution < 1.29 is 9.47 Å². The lowest BCUT2D eigenvalue weighted by molar-refractivity contribution is 0.0224. The molecule has 0 fully saturated rings. The van der Waals surface area contributed by atoms with Gasteiger partial charge in [0.25, 0.3) is 0 Å². The summed E-state index contributed by atoms with van der Waals surface area (Å²) in [6.07, 6.45) is 0. The molecule has 0 aliphatic rings. The van der Waals surface area contributed by atoms with Gasteiger partial charge in [-0.2, -0.15) is 0 Å². The molecule has 0 saturated heterocycles. The van der Waals surface area contributed by atoms with Crippen molar-refractivity contribution in [2.45, 2.75) is 11.4 Å². The summed E-state index contributed by atoms with van der Waals surface area (Å²) in [5.74, 6) is 0.781. The molecule has 0 atom stereocenters. The van der Waals surface area contributed by atoms with E-state index in [0.29, 0.717) is 6.61 Å². The van der Waals surface area contributed by atoms with Crippen molar-refractivity contribution in [1.82, 2.24) is 0 Å². The Labute approximate surface area is 138 Å². The molecule has 2 rings (SSSR count). The van der Waals surface area contributed by atoms with Crippen molar-refractivity contribution in [2.75, 3.05) is 24.5 Å². The molecule has 0 heterocycles. The van der Waals surface area contributed by atoms with Crippen molar-refractivity contribution in [3.8, 4) is 5.75 Å². The highest BCUT2D eigenvalue weighted by Crippen LogP contribution is 2.26. The normalized spacial score (nSPS) is 10.4. The SMILES string of the molecule is CCOCOc1ccc(Nc2cc(CI)ccc2N)cc1. The molecule has 5 heteroatoms. The number of nitrogens with one attached hydrogen (secondary N) is 1. The van der Waals surface area contributed by atoms with E-state index in [1.807, 2.05) is 43.3 Å². The highest BCUT2D eigenvalue weighted by atomic mass is 127. The molecule has 0 unspecified atom stereocenters. The van der Waals surface area contributed by atoms with Gasteiger partial charge in [-0.1, -0.05) is 28.7 Å². The second kappa shape index (κ2) is 8.09. The van der Waals surface area contributed by atoms with E-state index < -0.39 is 0 Å². The third-order valence-corrected chi connectivity index (χ3v) is 3.80. The fraction of sp³-hybridized carbons (Fsp3) is 0.250. The molecule has 0 spiro atoms. The quantitative estimate of drug-likeness (QED) is 0.240. The van der Waals surface area contributed by atoms with Gasteiger partial charge in [0.1, 0.15) is 5.75 Å². The van der Waals surface area contributed by atoms with Crippen LogP contribution in [0.1, 0.15) is 12.5 Å². The zero-order chi connectivity index (χ0) is 15.1. The van der Waals surface area contributed by atoms with E-state index in [0.717, 1.165) is 27.2 Å². The Bertz CT molecular complexity index is 573. The molecule has 0 aliphatic heterocycles. The molecule has 0 aromatic heterocycles. The van der Waals surface area contributed by atoms with Gasteiger partial charge in [-0.05, 0) is 48.9 Å². The summed E-state index contributed by atoms with van der Waals surface area (Å²) in [5, 5.41) is 3.33. The lowest BCUT2D eigenvalue weighted by Gasteiger charge is -2.12. The van der Waals surface area contributed by atoms with Gasteiger partial charge in [-0.3, -0.25) is 0 Å². The van der Waals surface area contributed by atoms with Gasteiger partial charge in [0, 0.05) is 16.7 Å². The number of nitrogen functional groups attached to an aromatic ring is 1. The van der Waals surface area contributed by atoms with E-state index >= 15 is 0 Å². The van der Waals surface area contributed by atoms with Crippen LogP contribution in [0.15, 0.2) is 42.5 Å². The molecule has 0 radical (unpaired) electrons. The minimum absolute atomic E-state index is 0.272. The Kier molecular flexibility index (Phi) is 6.13. The Morgan fingerprint density at radius 3 is 2.57 bits per heavy atom. The van der Waals surface area contributed by atoms with Gasteiger partial charge < -0.3 is 20.5 Å². The summed E-state index contributed by atoms with van der Waals surface area (Å²) >= 11 is 2.34. The van der Waals surface area contributed by atoms with Crippen LogP contribution in [0, 0.1) is 0 Å². The zero-order valence-corrected chi connectivity index (χ0v) is 14.1. The van der Waals surface area contributed by atoms with Crippen LogP contribution in [0.2, 0.25) is 0 Å². The van der Waals surface area contributed by atoms with Crippen LogP contribution in [-0.4, -0.2) is 13.4 Å². The summed E-state index contributed by atoms with van der Waals surface area (Å²) in [7, 11) is 0. The third kappa shape index (κ3) is 4.78. The smallest absolute Gasteiger partial charge is 0.189 e. The van der Waals surface area contributed by atoms with Crippen molar-refractivity contribution in [3.63, 3.8) is 0 Å². The molecule has 0 aliphatic carbocycles.